The number of rotatable bonds is 5. The highest BCUT2D eigenvalue weighted by molar-refractivity contribution is 5.77. The molecule has 2 aromatic heterocycles. The summed E-state index contributed by atoms with van der Waals surface area (Å²) in [5.41, 5.74) is 2.52. The van der Waals surface area contributed by atoms with E-state index in [0.717, 1.165) is 31.0 Å². The summed E-state index contributed by atoms with van der Waals surface area (Å²) in [4.78, 5) is 20.9. The lowest BCUT2D eigenvalue weighted by Gasteiger charge is -2.28. The number of hydrogen-bond donors (Lipinski definition) is 0. The molecule has 0 radical (unpaired) electrons. The highest BCUT2D eigenvalue weighted by Crippen LogP contribution is 2.37. The van der Waals surface area contributed by atoms with Crippen LogP contribution in [0.25, 0.3) is 0 Å². The van der Waals surface area contributed by atoms with Gasteiger partial charge in [-0.25, -0.2) is 4.98 Å². The summed E-state index contributed by atoms with van der Waals surface area (Å²) in [7, 11) is 1.82. The average molecular weight is 314 g/mol. The molecule has 0 aromatic carbocycles. The zero-order chi connectivity index (χ0) is 15.8. The topological polar surface area (TPSA) is 54.5 Å². The molecular formula is C17H22N4O2. The van der Waals surface area contributed by atoms with E-state index >= 15 is 0 Å². The predicted octanol–water partition coefficient (Wildman–Crippen LogP) is 1.83. The minimum Gasteiger partial charge on any atom is -0.467 e. The van der Waals surface area contributed by atoms with Gasteiger partial charge in [-0.05, 0) is 25.0 Å². The van der Waals surface area contributed by atoms with Gasteiger partial charge in [0.05, 0.1) is 31.4 Å². The molecule has 2 aliphatic rings. The molecule has 0 unspecified atom stereocenters. The number of amides is 1. The molecule has 1 fully saturated rings. The van der Waals surface area contributed by atoms with Gasteiger partial charge in [0.15, 0.2) is 0 Å². The maximum absolute atomic E-state index is 12.4. The van der Waals surface area contributed by atoms with Gasteiger partial charge in [0.1, 0.15) is 5.76 Å². The Morgan fingerprint density at radius 2 is 2.35 bits per heavy atom. The predicted molar refractivity (Wildman–Crippen MR) is 84.7 cm³/mol. The molecule has 6 nitrogen and oxygen atoms in total. The third-order valence-corrected chi connectivity index (χ3v) is 4.72. The third-order valence-electron chi connectivity index (χ3n) is 4.72. The van der Waals surface area contributed by atoms with Crippen molar-refractivity contribution in [3.63, 3.8) is 0 Å². The Hall–Kier alpha value is -2.08. The van der Waals surface area contributed by atoms with E-state index in [4.69, 9.17) is 4.42 Å². The molecule has 3 heterocycles. The lowest BCUT2D eigenvalue weighted by Crippen LogP contribution is -2.40. The van der Waals surface area contributed by atoms with Gasteiger partial charge in [0.2, 0.25) is 5.91 Å². The van der Waals surface area contributed by atoms with Crippen molar-refractivity contribution in [3.8, 4) is 0 Å². The molecule has 4 rings (SSSR count). The van der Waals surface area contributed by atoms with E-state index < -0.39 is 0 Å². The standard InChI is InChI=1S/C17H22N4O2/c1-19(9-14-3-2-8-23-14)17(22)11-20-7-6-16-15(10-20)18-12-21(16)13-4-5-13/h2-3,8,12-13H,4-7,9-11H2,1H3. The van der Waals surface area contributed by atoms with Crippen LogP contribution in [0.3, 0.4) is 0 Å². The summed E-state index contributed by atoms with van der Waals surface area (Å²) < 4.78 is 7.65. The van der Waals surface area contributed by atoms with Gasteiger partial charge >= 0.3 is 0 Å². The fraction of sp³-hybridized carbons (Fsp3) is 0.529. The Bertz CT molecular complexity index is 688. The molecule has 1 saturated carbocycles. The third kappa shape index (κ3) is 3.03. The van der Waals surface area contributed by atoms with E-state index in [0.29, 0.717) is 19.1 Å². The quantitative estimate of drug-likeness (QED) is 0.845. The maximum atomic E-state index is 12.4. The molecule has 0 spiro atoms. The van der Waals surface area contributed by atoms with Crippen LogP contribution in [0.1, 0.15) is 36.0 Å². The van der Waals surface area contributed by atoms with Crippen LogP contribution in [0.5, 0.6) is 0 Å². The van der Waals surface area contributed by atoms with Gasteiger partial charge in [-0.1, -0.05) is 0 Å². The van der Waals surface area contributed by atoms with Crippen LogP contribution in [0.15, 0.2) is 29.1 Å². The van der Waals surface area contributed by atoms with E-state index in [1.54, 1.807) is 11.2 Å². The molecule has 0 N–H and O–H groups in total. The van der Waals surface area contributed by atoms with Gasteiger partial charge in [-0.15, -0.1) is 0 Å². The van der Waals surface area contributed by atoms with Crippen molar-refractivity contribution in [3.05, 3.63) is 41.9 Å². The van der Waals surface area contributed by atoms with Crippen LogP contribution in [0, 0.1) is 0 Å². The number of furan rings is 1. The van der Waals surface area contributed by atoms with E-state index in [9.17, 15) is 4.79 Å². The van der Waals surface area contributed by atoms with Gasteiger partial charge in [0.25, 0.3) is 0 Å². The van der Waals surface area contributed by atoms with Gasteiger partial charge in [0, 0.05) is 38.3 Å². The van der Waals surface area contributed by atoms with E-state index in [2.05, 4.69) is 14.5 Å². The van der Waals surface area contributed by atoms with Crippen molar-refractivity contribution in [1.29, 1.82) is 0 Å². The summed E-state index contributed by atoms with van der Waals surface area (Å²) in [5.74, 6) is 0.927. The van der Waals surface area contributed by atoms with Crippen molar-refractivity contribution < 1.29 is 9.21 Å². The average Bonchev–Trinajstić information content (AvgIpc) is 3.09. The Balaban J connectivity index is 1.35. The molecule has 6 heteroatoms. The Kier molecular flexibility index (Phi) is 3.69. The first kappa shape index (κ1) is 14.5. The van der Waals surface area contributed by atoms with Crippen LogP contribution in [-0.4, -0.2) is 45.4 Å². The number of nitrogens with zero attached hydrogens (tertiary/aromatic N) is 4. The highest BCUT2D eigenvalue weighted by atomic mass is 16.3. The number of likely N-dealkylation sites (N-methyl/N-ethyl adjacent to an activating group) is 1. The molecule has 0 bridgehead atoms. The van der Waals surface area contributed by atoms with Crippen LogP contribution >= 0.6 is 0 Å². The lowest BCUT2D eigenvalue weighted by atomic mass is 10.1. The minimum absolute atomic E-state index is 0.117. The molecule has 122 valence electrons. The normalized spacial score (nSPS) is 18.0. The molecule has 0 atom stereocenters. The van der Waals surface area contributed by atoms with Gasteiger partial charge in [-0.3, -0.25) is 9.69 Å². The summed E-state index contributed by atoms with van der Waals surface area (Å²) in [6, 6.07) is 4.41. The number of carbonyl (C=O) groups is 1. The number of carbonyl (C=O) groups excluding carboxylic acids is 1. The molecule has 1 aliphatic heterocycles. The molecule has 23 heavy (non-hydrogen) atoms. The Labute approximate surface area is 135 Å². The van der Waals surface area contributed by atoms with Crippen molar-refractivity contribution in [1.82, 2.24) is 19.4 Å². The van der Waals surface area contributed by atoms with E-state index in [1.807, 2.05) is 25.5 Å². The maximum Gasteiger partial charge on any atom is 0.236 e. The second-order valence-electron chi connectivity index (χ2n) is 6.57. The van der Waals surface area contributed by atoms with Crippen LogP contribution in [0.2, 0.25) is 0 Å². The van der Waals surface area contributed by atoms with Gasteiger partial charge < -0.3 is 13.9 Å². The van der Waals surface area contributed by atoms with Crippen LogP contribution in [-0.2, 0) is 24.3 Å². The monoisotopic (exact) mass is 314 g/mol. The molecule has 0 saturated heterocycles. The van der Waals surface area contributed by atoms with Crippen molar-refractivity contribution >= 4 is 5.91 Å². The van der Waals surface area contributed by atoms with E-state index in [1.165, 1.54) is 18.5 Å². The highest BCUT2D eigenvalue weighted by Gasteiger charge is 2.30. The summed E-state index contributed by atoms with van der Waals surface area (Å²) in [5, 5.41) is 0. The summed E-state index contributed by atoms with van der Waals surface area (Å²) in [6.45, 7) is 2.65. The number of imidazole rings is 1. The number of fused-ring (bicyclic) bond motifs is 1. The largest absolute Gasteiger partial charge is 0.467 e. The number of aromatic nitrogens is 2. The first-order valence-electron chi connectivity index (χ1n) is 8.24. The molecule has 2 aromatic rings. The van der Waals surface area contributed by atoms with Crippen LogP contribution < -0.4 is 0 Å². The fourth-order valence-electron chi connectivity index (χ4n) is 3.22. The lowest BCUT2D eigenvalue weighted by molar-refractivity contribution is -0.132. The van der Waals surface area contributed by atoms with E-state index in [-0.39, 0.29) is 5.91 Å². The minimum atomic E-state index is 0.117. The SMILES string of the molecule is CN(Cc1ccco1)C(=O)CN1CCc2c(ncn2C2CC2)C1. The van der Waals surface area contributed by atoms with Crippen molar-refractivity contribution in [2.24, 2.45) is 0 Å². The van der Waals surface area contributed by atoms with Crippen molar-refractivity contribution in [2.45, 2.75) is 38.4 Å². The first-order chi connectivity index (χ1) is 11.2. The van der Waals surface area contributed by atoms with Crippen LogP contribution in [0.4, 0.5) is 0 Å². The Morgan fingerprint density at radius 3 is 3.09 bits per heavy atom. The summed E-state index contributed by atoms with van der Waals surface area (Å²) in [6.07, 6.45) is 7.17. The smallest absolute Gasteiger partial charge is 0.236 e. The van der Waals surface area contributed by atoms with Crippen molar-refractivity contribution in [2.75, 3.05) is 20.1 Å². The van der Waals surface area contributed by atoms with Gasteiger partial charge in [-0.2, -0.15) is 0 Å². The molecule has 1 aliphatic carbocycles. The zero-order valence-corrected chi connectivity index (χ0v) is 13.4. The second-order valence-corrected chi connectivity index (χ2v) is 6.57. The summed E-state index contributed by atoms with van der Waals surface area (Å²) >= 11 is 0. The Morgan fingerprint density at radius 1 is 1.48 bits per heavy atom. The molecule has 1 amide bonds. The second kappa shape index (κ2) is 5.85. The zero-order valence-electron chi connectivity index (χ0n) is 13.4. The number of hydrogen-bond acceptors (Lipinski definition) is 4. The fourth-order valence-corrected chi connectivity index (χ4v) is 3.22. The first-order valence-corrected chi connectivity index (χ1v) is 8.24. The molecular weight excluding hydrogens is 292 g/mol.